The van der Waals surface area contributed by atoms with Gasteiger partial charge in [0.2, 0.25) is 0 Å². The number of hydrogen-bond donors (Lipinski definition) is 1. The van der Waals surface area contributed by atoms with Crippen molar-refractivity contribution in [1.82, 2.24) is 0 Å². The first-order valence-corrected chi connectivity index (χ1v) is 6.81. The van der Waals surface area contributed by atoms with Crippen LogP contribution >= 0.6 is 11.6 Å². The Labute approximate surface area is 113 Å². The molecule has 0 amide bonds. The van der Waals surface area contributed by atoms with Gasteiger partial charge in [0, 0.05) is 18.9 Å². The molecular weight excluding hydrogens is 250 g/mol. The normalized spacial score (nSPS) is 18.6. The van der Waals surface area contributed by atoms with Crippen molar-refractivity contribution in [3.63, 3.8) is 0 Å². The van der Waals surface area contributed by atoms with Gasteiger partial charge in [-0.2, -0.15) is 0 Å². The van der Waals surface area contributed by atoms with Gasteiger partial charge in [0.05, 0.1) is 18.2 Å². The van der Waals surface area contributed by atoms with Crippen LogP contribution in [0.3, 0.4) is 0 Å². The fraction of sp³-hybridized carbons (Fsp3) is 0.571. The van der Waals surface area contributed by atoms with Gasteiger partial charge < -0.3 is 15.2 Å². The summed E-state index contributed by atoms with van der Waals surface area (Å²) in [5.74, 6) is 0.761. The van der Waals surface area contributed by atoms with E-state index in [1.807, 2.05) is 25.1 Å². The maximum absolute atomic E-state index is 6.24. The molecule has 2 N–H and O–H groups in total. The number of ether oxygens (including phenoxy) is 2. The van der Waals surface area contributed by atoms with Crippen LogP contribution in [0, 0.1) is 0 Å². The zero-order valence-corrected chi connectivity index (χ0v) is 11.5. The lowest BCUT2D eigenvalue weighted by molar-refractivity contribution is 0.0256. The van der Waals surface area contributed by atoms with Crippen LogP contribution < -0.4 is 10.5 Å². The summed E-state index contributed by atoms with van der Waals surface area (Å²) in [6.45, 7) is 3.52. The van der Waals surface area contributed by atoms with Crippen molar-refractivity contribution in [1.29, 1.82) is 0 Å². The molecule has 1 fully saturated rings. The molecule has 1 aliphatic rings. The number of nitrogens with two attached hydrogens (primary N) is 1. The highest BCUT2D eigenvalue weighted by Crippen LogP contribution is 2.28. The quantitative estimate of drug-likeness (QED) is 0.914. The Morgan fingerprint density at radius 3 is 2.78 bits per heavy atom. The number of hydrogen-bond acceptors (Lipinski definition) is 3. The zero-order valence-electron chi connectivity index (χ0n) is 10.7. The molecule has 4 heteroatoms. The van der Waals surface area contributed by atoms with Gasteiger partial charge in [-0.3, -0.25) is 0 Å². The van der Waals surface area contributed by atoms with E-state index >= 15 is 0 Å². The predicted octanol–water partition coefficient (Wildman–Crippen LogP) is 2.79. The molecule has 1 atom stereocenters. The highest BCUT2D eigenvalue weighted by molar-refractivity contribution is 6.32. The second-order valence-electron chi connectivity index (χ2n) is 4.88. The van der Waals surface area contributed by atoms with Crippen molar-refractivity contribution in [2.24, 2.45) is 5.73 Å². The van der Waals surface area contributed by atoms with Crippen LogP contribution in [0.4, 0.5) is 0 Å². The third kappa shape index (κ3) is 3.87. The molecule has 1 aromatic carbocycles. The molecule has 0 saturated carbocycles. The van der Waals surface area contributed by atoms with E-state index in [-0.39, 0.29) is 12.1 Å². The Hall–Kier alpha value is -0.770. The Morgan fingerprint density at radius 2 is 2.17 bits per heavy atom. The van der Waals surface area contributed by atoms with Crippen molar-refractivity contribution < 1.29 is 9.47 Å². The van der Waals surface area contributed by atoms with Crippen LogP contribution in [-0.2, 0) is 11.2 Å². The monoisotopic (exact) mass is 269 g/mol. The van der Waals surface area contributed by atoms with Gasteiger partial charge in [0.25, 0.3) is 0 Å². The van der Waals surface area contributed by atoms with Gasteiger partial charge in [-0.1, -0.05) is 17.7 Å². The summed E-state index contributed by atoms with van der Waals surface area (Å²) in [6, 6.07) is 6.06. The maximum Gasteiger partial charge on any atom is 0.138 e. The molecule has 0 radical (unpaired) electrons. The highest BCUT2D eigenvalue weighted by Gasteiger charge is 2.16. The van der Waals surface area contributed by atoms with Gasteiger partial charge >= 0.3 is 0 Å². The summed E-state index contributed by atoms with van der Waals surface area (Å²) < 4.78 is 11.2. The lowest BCUT2D eigenvalue weighted by atomic mass is 10.1. The molecule has 1 aliphatic heterocycles. The van der Waals surface area contributed by atoms with Gasteiger partial charge in [0.15, 0.2) is 0 Å². The second kappa shape index (κ2) is 6.41. The first-order chi connectivity index (χ1) is 8.65. The van der Waals surface area contributed by atoms with Crippen molar-refractivity contribution >= 4 is 11.6 Å². The van der Waals surface area contributed by atoms with Crippen LogP contribution in [0.25, 0.3) is 0 Å². The van der Waals surface area contributed by atoms with Crippen LogP contribution in [0.15, 0.2) is 18.2 Å². The van der Waals surface area contributed by atoms with E-state index in [1.165, 1.54) is 0 Å². The van der Waals surface area contributed by atoms with E-state index in [0.717, 1.165) is 43.8 Å². The number of benzene rings is 1. The van der Waals surface area contributed by atoms with E-state index in [1.54, 1.807) is 0 Å². The summed E-state index contributed by atoms with van der Waals surface area (Å²) >= 11 is 6.24. The standard InChI is InChI=1S/C14H20ClNO2/c1-10(16)8-11-2-3-14(13(15)9-11)18-12-4-6-17-7-5-12/h2-3,9-10,12H,4-8,16H2,1H3. The summed E-state index contributed by atoms with van der Waals surface area (Å²) in [7, 11) is 0. The third-order valence-corrected chi connectivity index (χ3v) is 3.31. The summed E-state index contributed by atoms with van der Waals surface area (Å²) in [5.41, 5.74) is 6.92. The fourth-order valence-electron chi connectivity index (χ4n) is 2.11. The van der Waals surface area contributed by atoms with Crippen molar-refractivity contribution in [3.05, 3.63) is 28.8 Å². The number of rotatable bonds is 4. The first-order valence-electron chi connectivity index (χ1n) is 6.43. The summed E-state index contributed by atoms with van der Waals surface area (Å²) in [6.07, 6.45) is 2.91. The molecule has 3 nitrogen and oxygen atoms in total. The molecule has 18 heavy (non-hydrogen) atoms. The van der Waals surface area contributed by atoms with Crippen molar-refractivity contribution in [2.75, 3.05) is 13.2 Å². The van der Waals surface area contributed by atoms with E-state index in [9.17, 15) is 0 Å². The molecule has 1 aromatic rings. The topological polar surface area (TPSA) is 44.5 Å². The molecule has 1 unspecified atom stereocenters. The van der Waals surface area contributed by atoms with Gasteiger partial charge in [0.1, 0.15) is 11.9 Å². The van der Waals surface area contributed by atoms with E-state index in [0.29, 0.717) is 5.02 Å². The van der Waals surface area contributed by atoms with Crippen LogP contribution in [0.5, 0.6) is 5.75 Å². The molecule has 1 heterocycles. The Kier molecular flexibility index (Phi) is 4.87. The fourth-order valence-corrected chi connectivity index (χ4v) is 2.36. The highest BCUT2D eigenvalue weighted by atomic mass is 35.5. The third-order valence-electron chi connectivity index (χ3n) is 3.02. The van der Waals surface area contributed by atoms with Crippen molar-refractivity contribution in [3.8, 4) is 5.75 Å². The SMILES string of the molecule is CC(N)Cc1ccc(OC2CCOCC2)c(Cl)c1. The van der Waals surface area contributed by atoms with Gasteiger partial charge in [-0.15, -0.1) is 0 Å². The van der Waals surface area contributed by atoms with E-state index in [4.69, 9.17) is 26.8 Å². The predicted molar refractivity (Wildman–Crippen MR) is 73.3 cm³/mol. The minimum atomic E-state index is 0.142. The van der Waals surface area contributed by atoms with Crippen LogP contribution in [-0.4, -0.2) is 25.4 Å². The zero-order chi connectivity index (χ0) is 13.0. The molecule has 0 bridgehead atoms. The summed E-state index contributed by atoms with van der Waals surface area (Å²) in [5, 5.41) is 0.666. The van der Waals surface area contributed by atoms with E-state index < -0.39 is 0 Å². The Bertz CT molecular complexity index is 389. The van der Waals surface area contributed by atoms with Crippen LogP contribution in [0.2, 0.25) is 5.02 Å². The summed E-state index contributed by atoms with van der Waals surface area (Å²) in [4.78, 5) is 0. The van der Waals surface area contributed by atoms with Crippen LogP contribution in [0.1, 0.15) is 25.3 Å². The lowest BCUT2D eigenvalue weighted by Gasteiger charge is -2.24. The molecule has 0 aliphatic carbocycles. The molecule has 0 aromatic heterocycles. The molecule has 100 valence electrons. The molecule has 2 rings (SSSR count). The smallest absolute Gasteiger partial charge is 0.138 e. The first kappa shape index (κ1) is 13.7. The molecular formula is C14H20ClNO2. The lowest BCUT2D eigenvalue weighted by Crippen LogP contribution is -2.26. The average molecular weight is 270 g/mol. The minimum Gasteiger partial charge on any atom is -0.489 e. The minimum absolute atomic E-state index is 0.142. The Morgan fingerprint density at radius 1 is 1.44 bits per heavy atom. The molecule has 0 spiro atoms. The second-order valence-corrected chi connectivity index (χ2v) is 5.28. The largest absolute Gasteiger partial charge is 0.489 e. The average Bonchev–Trinajstić information content (AvgIpc) is 2.33. The van der Waals surface area contributed by atoms with Gasteiger partial charge in [-0.25, -0.2) is 0 Å². The Balaban J connectivity index is 2.00. The van der Waals surface area contributed by atoms with E-state index in [2.05, 4.69) is 0 Å². The van der Waals surface area contributed by atoms with Crippen molar-refractivity contribution in [2.45, 2.75) is 38.3 Å². The maximum atomic E-state index is 6.24. The number of halogens is 1. The molecule has 1 saturated heterocycles. The van der Waals surface area contributed by atoms with Gasteiger partial charge in [-0.05, 0) is 31.0 Å².